The Kier molecular flexibility index (Phi) is 5.60. The number of hydrogen-bond acceptors (Lipinski definition) is 5. The fraction of sp³-hybridized carbons (Fsp3) is 0.583. The Bertz CT molecular complexity index is 426. The summed E-state index contributed by atoms with van der Waals surface area (Å²) < 4.78 is 12.3. The molecule has 0 saturated carbocycles. The van der Waals surface area contributed by atoms with Crippen LogP contribution in [0.5, 0.6) is 0 Å². The van der Waals surface area contributed by atoms with Gasteiger partial charge in [-0.2, -0.15) is 0 Å². The maximum absolute atomic E-state index is 5.38. The number of thiazole rings is 1. The van der Waals surface area contributed by atoms with Crippen molar-refractivity contribution in [1.29, 1.82) is 0 Å². The fourth-order valence-electron chi connectivity index (χ4n) is 1.62. The molecule has 2 rings (SSSR count). The van der Waals surface area contributed by atoms with E-state index in [0.717, 1.165) is 36.8 Å². The molecule has 0 aliphatic rings. The molecule has 0 aliphatic heterocycles. The third-order valence-corrected chi connectivity index (χ3v) is 3.29. The van der Waals surface area contributed by atoms with Gasteiger partial charge >= 0.3 is 0 Å². The Morgan fingerprint density at radius 1 is 1.39 bits per heavy atom. The average Bonchev–Trinajstić information content (AvgIpc) is 2.93. The molecular formula is C12H19N3O2S. The molecule has 2 aromatic heterocycles. The highest BCUT2D eigenvalue weighted by Crippen LogP contribution is 2.10. The summed E-state index contributed by atoms with van der Waals surface area (Å²) in [5.41, 5.74) is 1.09. The first kappa shape index (κ1) is 13.5. The number of rotatable bonds is 9. The molecule has 1 N–H and O–H groups in total. The van der Waals surface area contributed by atoms with E-state index in [1.807, 2.05) is 11.6 Å². The maximum atomic E-state index is 5.38. The van der Waals surface area contributed by atoms with E-state index >= 15 is 0 Å². The highest BCUT2D eigenvalue weighted by Gasteiger charge is 2.01. The normalized spacial score (nSPS) is 11.4. The summed E-state index contributed by atoms with van der Waals surface area (Å²) in [7, 11) is 1.68. The summed E-state index contributed by atoms with van der Waals surface area (Å²) >= 11 is 1.66. The van der Waals surface area contributed by atoms with Crippen molar-refractivity contribution in [1.82, 2.24) is 14.7 Å². The number of ether oxygens (including phenoxy) is 2. The summed E-state index contributed by atoms with van der Waals surface area (Å²) in [6.45, 7) is 3.87. The van der Waals surface area contributed by atoms with Crippen LogP contribution in [0.4, 0.5) is 0 Å². The van der Waals surface area contributed by atoms with Gasteiger partial charge in [0.2, 0.25) is 0 Å². The van der Waals surface area contributed by atoms with E-state index in [2.05, 4.69) is 20.9 Å². The summed E-state index contributed by atoms with van der Waals surface area (Å²) in [6.07, 6.45) is 5.10. The van der Waals surface area contributed by atoms with E-state index in [1.165, 1.54) is 0 Å². The van der Waals surface area contributed by atoms with E-state index in [4.69, 9.17) is 9.47 Å². The number of nitrogens with one attached hydrogen (secondary N) is 1. The lowest BCUT2D eigenvalue weighted by molar-refractivity contribution is 0.0694. The van der Waals surface area contributed by atoms with Gasteiger partial charge in [-0.1, -0.05) is 0 Å². The molecule has 0 bridgehead atoms. The first-order chi connectivity index (χ1) is 8.90. The van der Waals surface area contributed by atoms with Gasteiger partial charge in [-0.15, -0.1) is 11.3 Å². The topological polar surface area (TPSA) is 47.8 Å². The summed E-state index contributed by atoms with van der Waals surface area (Å²) in [4.78, 5) is 5.55. The molecule has 0 atom stereocenters. The summed E-state index contributed by atoms with van der Waals surface area (Å²) in [6, 6.07) is 0. The molecule has 100 valence electrons. The number of hydrogen-bond donors (Lipinski definition) is 1. The second kappa shape index (κ2) is 7.48. The highest BCUT2D eigenvalue weighted by molar-refractivity contribution is 7.15. The molecule has 2 heterocycles. The molecule has 0 fully saturated rings. The Balaban J connectivity index is 1.54. The zero-order valence-electron chi connectivity index (χ0n) is 10.6. The van der Waals surface area contributed by atoms with Crippen LogP contribution in [0.2, 0.25) is 0 Å². The maximum Gasteiger partial charge on any atom is 0.193 e. The van der Waals surface area contributed by atoms with Gasteiger partial charge < -0.3 is 14.8 Å². The number of imidazole rings is 1. The third kappa shape index (κ3) is 4.06. The second-order valence-electron chi connectivity index (χ2n) is 3.96. The van der Waals surface area contributed by atoms with Gasteiger partial charge in [0.1, 0.15) is 0 Å². The standard InChI is InChI=1S/C12H19N3O2S/c1-16-6-7-17-5-2-3-13-9-11-10-15-4-8-18-12(15)14-11/h4,8,10,13H,2-3,5-7,9H2,1H3. The lowest BCUT2D eigenvalue weighted by Gasteiger charge is -2.04. The minimum Gasteiger partial charge on any atom is -0.382 e. The lowest BCUT2D eigenvalue weighted by atomic mass is 10.4. The number of methoxy groups -OCH3 is 1. The van der Waals surface area contributed by atoms with Crippen molar-refractivity contribution in [3.8, 4) is 0 Å². The molecule has 0 radical (unpaired) electrons. The van der Waals surface area contributed by atoms with Crippen LogP contribution in [0.25, 0.3) is 4.96 Å². The van der Waals surface area contributed by atoms with E-state index in [9.17, 15) is 0 Å². The third-order valence-electron chi connectivity index (χ3n) is 2.52. The van der Waals surface area contributed by atoms with Gasteiger partial charge in [0.15, 0.2) is 4.96 Å². The van der Waals surface area contributed by atoms with Crippen molar-refractivity contribution in [2.75, 3.05) is 33.5 Å². The lowest BCUT2D eigenvalue weighted by Crippen LogP contribution is -2.17. The molecule has 0 unspecified atom stereocenters. The zero-order valence-corrected chi connectivity index (χ0v) is 11.4. The van der Waals surface area contributed by atoms with Crippen LogP contribution in [0.1, 0.15) is 12.1 Å². The molecule has 0 amide bonds. The molecular weight excluding hydrogens is 250 g/mol. The highest BCUT2D eigenvalue weighted by atomic mass is 32.1. The van der Waals surface area contributed by atoms with Crippen molar-refractivity contribution in [2.24, 2.45) is 0 Å². The molecule has 0 aromatic carbocycles. The van der Waals surface area contributed by atoms with Crippen molar-refractivity contribution in [3.05, 3.63) is 23.5 Å². The van der Waals surface area contributed by atoms with Crippen LogP contribution in [0, 0.1) is 0 Å². The van der Waals surface area contributed by atoms with Crippen molar-refractivity contribution < 1.29 is 9.47 Å². The van der Waals surface area contributed by atoms with Gasteiger partial charge in [0.05, 0.1) is 18.9 Å². The molecule has 18 heavy (non-hydrogen) atoms. The van der Waals surface area contributed by atoms with Crippen molar-refractivity contribution >= 4 is 16.3 Å². The van der Waals surface area contributed by atoms with Gasteiger partial charge in [-0.25, -0.2) is 4.98 Å². The summed E-state index contributed by atoms with van der Waals surface area (Å²) in [5, 5.41) is 5.40. The zero-order chi connectivity index (χ0) is 12.6. The minimum atomic E-state index is 0.666. The summed E-state index contributed by atoms with van der Waals surface area (Å²) in [5.74, 6) is 0. The Morgan fingerprint density at radius 2 is 2.33 bits per heavy atom. The molecule has 6 heteroatoms. The largest absolute Gasteiger partial charge is 0.382 e. The SMILES string of the molecule is COCCOCCCNCc1cn2ccsc2n1. The van der Waals surface area contributed by atoms with Crippen molar-refractivity contribution in [2.45, 2.75) is 13.0 Å². The van der Waals surface area contributed by atoms with E-state index < -0.39 is 0 Å². The molecule has 2 aromatic rings. The number of fused-ring (bicyclic) bond motifs is 1. The van der Waals surface area contributed by atoms with Gasteiger partial charge in [-0.05, 0) is 13.0 Å². The Labute approximate surface area is 111 Å². The Morgan fingerprint density at radius 3 is 3.17 bits per heavy atom. The Hall–Kier alpha value is -0.950. The van der Waals surface area contributed by atoms with Crippen LogP contribution in [-0.4, -0.2) is 42.9 Å². The second-order valence-corrected chi connectivity index (χ2v) is 4.83. The fourth-order valence-corrected chi connectivity index (χ4v) is 2.34. The first-order valence-electron chi connectivity index (χ1n) is 6.08. The smallest absolute Gasteiger partial charge is 0.193 e. The van der Waals surface area contributed by atoms with Crippen molar-refractivity contribution in [3.63, 3.8) is 0 Å². The van der Waals surface area contributed by atoms with Crippen LogP contribution >= 0.6 is 11.3 Å². The average molecular weight is 269 g/mol. The van der Waals surface area contributed by atoms with Crippen LogP contribution in [0.3, 0.4) is 0 Å². The predicted molar refractivity (Wildman–Crippen MR) is 72.1 cm³/mol. The van der Waals surface area contributed by atoms with Crippen LogP contribution in [-0.2, 0) is 16.0 Å². The van der Waals surface area contributed by atoms with E-state index in [1.54, 1.807) is 18.4 Å². The number of aromatic nitrogens is 2. The van der Waals surface area contributed by atoms with Crippen LogP contribution < -0.4 is 5.32 Å². The first-order valence-corrected chi connectivity index (χ1v) is 6.96. The molecule has 5 nitrogen and oxygen atoms in total. The molecule has 0 saturated heterocycles. The van der Waals surface area contributed by atoms with E-state index in [-0.39, 0.29) is 0 Å². The van der Waals surface area contributed by atoms with E-state index in [0.29, 0.717) is 13.2 Å². The molecule has 0 spiro atoms. The number of nitrogens with zero attached hydrogens (tertiary/aromatic N) is 2. The quantitative estimate of drug-likeness (QED) is 0.702. The molecule has 0 aliphatic carbocycles. The monoisotopic (exact) mass is 269 g/mol. The van der Waals surface area contributed by atoms with Crippen LogP contribution in [0.15, 0.2) is 17.8 Å². The van der Waals surface area contributed by atoms with Gasteiger partial charge in [0.25, 0.3) is 0 Å². The predicted octanol–water partition coefficient (Wildman–Crippen LogP) is 1.54. The van der Waals surface area contributed by atoms with Gasteiger partial charge in [0, 0.05) is 38.0 Å². The van der Waals surface area contributed by atoms with Gasteiger partial charge in [-0.3, -0.25) is 4.40 Å². The minimum absolute atomic E-state index is 0.666.